The molecule has 4 heteroatoms. The van der Waals surface area contributed by atoms with Crippen LogP contribution in [0.3, 0.4) is 0 Å². The molecule has 2 aromatic rings. The second-order valence-electron chi connectivity index (χ2n) is 4.89. The fourth-order valence-corrected chi connectivity index (χ4v) is 1.99. The highest BCUT2D eigenvalue weighted by atomic mass is 19.1. The standard InChI is InChI=1S/C14H17FN2O/c1-8(2)7-16-14(18)12-9(3)17-13-10(12)5-4-6-11(13)15/h4-6,8,17H,7H2,1-3H3,(H,16,18). The molecule has 18 heavy (non-hydrogen) atoms. The molecule has 1 heterocycles. The van der Waals surface area contributed by atoms with Crippen LogP contribution >= 0.6 is 0 Å². The third kappa shape index (κ3) is 2.23. The van der Waals surface area contributed by atoms with Crippen molar-refractivity contribution in [3.8, 4) is 0 Å². The number of hydrogen-bond acceptors (Lipinski definition) is 1. The smallest absolute Gasteiger partial charge is 0.253 e. The summed E-state index contributed by atoms with van der Waals surface area (Å²) in [6.07, 6.45) is 0. The Morgan fingerprint density at radius 3 is 2.83 bits per heavy atom. The zero-order valence-corrected chi connectivity index (χ0v) is 10.8. The topological polar surface area (TPSA) is 44.9 Å². The first-order valence-electron chi connectivity index (χ1n) is 6.05. The van der Waals surface area contributed by atoms with Gasteiger partial charge in [-0.05, 0) is 18.9 Å². The van der Waals surface area contributed by atoms with Gasteiger partial charge in [0.25, 0.3) is 5.91 Å². The molecule has 0 radical (unpaired) electrons. The number of nitrogens with one attached hydrogen (secondary N) is 2. The quantitative estimate of drug-likeness (QED) is 0.861. The van der Waals surface area contributed by atoms with Gasteiger partial charge in [0.1, 0.15) is 5.82 Å². The number of aryl methyl sites for hydroxylation is 1. The summed E-state index contributed by atoms with van der Waals surface area (Å²) in [5, 5.41) is 3.49. The van der Waals surface area contributed by atoms with Gasteiger partial charge in [-0.3, -0.25) is 4.79 Å². The van der Waals surface area contributed by atoms with Crippen LogP contribution in [0.25, 0.3) is 10.9 Å². The summed E-state index contributed by atoms with van der Waals surface area (Å²) in [6, 6.07) is 4.75. The highest BCUT2D eigenvalue weighted by molar-refractivity contribution is 6.08. The number of carbonyl (C=O) groups is 1. The Kier molecular flexibility index (Phi) is 3.36. The Morgan fingerprint density at radius 1 is 1.44 bits per heavy atom. The molecule has 1 aromatic carbocycles. The average molecular weight is 248 g/mol. The number of hydrogen-bond donors (Lipinski definition) is 2. The fourth-order valence-electron chi connectivity index (χ4n) is 1.99. The van der Waals surface area contributed by atoms with Crippen LogP contribution in [-0.2, 0) is 0 Å². The van der Waals surface area contributed by atoms with Gasteiger partial charge in [-0.1, -0.05) is 26.0 Å². The van der Waals surface area contributed by atoms with Crippen LogP contribution < -0.4 is 5.32 Å². The second kappa shape index (κ2) is 4.80. The molecule has 0 saturated heterocycles. The Labute approximate surface area is 105 Å². The number of rotatable bonds is 3. The van der Waals surface area contributed by atoms with E-state index < -0.39 is 0 Å². The summed E-state index contributed by atoms with van der Waals surface area (Å²) in [7, 11) is 0. The van der Waals surface area contributed by atoms with Gasteiger partial charge in [0, 0.05) is 17.6 Å². The second-order valence-corrected chi connectivity index (χ2v) is 4.89. The van der Waals surface area contributed by atoms with E-state index >= 15 is 0 Å². The summed E-state index contributed by atoms with van der Waals surface area (Å²) >= 11 is 0. The Hall–Kier alpha value is -1.84. The van der Waals surface area contributed by atoms with Gasteiger partial charge in [-0.2, -0.15) is 0 Å². The number of benzene rings is 1. The molecule has 0 spiro atoms. The monoisotopic (exact) mass is 248 g/mol. The molecule has 3 nitrogen and oxygen atoms in total. The number of halogens is 1. The van der Waals surface area contributed by atoms with Gasteiger partial charge in [0.2, 0.25) is 0 Å². The zero-order chi connectivity index (χ0) is 13.3. The highest BCUT2D eigenvalue weighted by Gasteiger charge is 2.17. The van der Waals surface area contributed by atoms with Crippen LogP contribution in [-0.4, -0.2) is 17.4 Å². The summed E-state index contributed by atoms with van der Waals surface area (Å²) in [5.74, 6) is -0.104. The molecule has 0 aliphatic carbocycles. The molecule has 96 valence electrons. The minimum atomic E-state index is -0.335. The van der Waals surface area contributed by atoms with Crippen molar-refractivity contribution < 1.29 is 9.18 Å². The van der Waals surface area contributed by atoms with Crippen LogP contribution in [0, 0.1) is 18.7 Å². The molecule has 0 fully saturated rings. The summed E-state index contributed by atoms with van der Waals surface area (Å²) in [6.45, 7) is 6.45. The Balaban J connectivity index is 2.41. The SMILES string of the molecule is Cc1[nH]c2c(F)cccc2c1C(=O)NCC(C)C. The van der Waals surface area contributed by atoms with E-state index in [-0.39, 0.29) is 11.7 Å². The predicted octanol–water partition coefficient (Wildman–Crippen LogP) is 3.00. The van der Waals surface area contributed by atoms with E-state index in [4.69, 9.17) is 0 Å². The summed E-state index contributed by atoms with van der Waals surface area (Å²) < 4.78 is 13.6. The van der Waals surface area contributed by atoms with Crippen LogP contribution in [0.5, 0.6) is 0 Å². The maximum absolute atomic E-state index is 13.6. The zero-order valence-electron chi connectivity index (χ0n) is 10.8. The van der Waals surface area contributed by atoms with Crippen LogP contribution in [0.4, 0.5) is 4.39 Å². The predicted molar refractivity (Wildman–Crippen MR) is 70.2 cm³/mol. The molecular weight excluding hydrogens is 231 g/mol. The van der Waals surface area contributed by atoms with Gasteiger partial charge in [-0.25, -0.2) is 4.39 Å². The number of fused-ring (bicyclic) bond motifs is 1. The molecule has 0 aliphatic rings. The average Bonchev–Trinajstić information content (AvgIpc) is 2.64. The molecule has 0 saturated carbocycles. The van der Waals surface area contributed by atoms with Crippen molar-refractivity contribution in [2.24, 2.45) is 5.92 Å². The molecule has 0 aliphatic heterocycles. The van der Waals surface area contributed by atoms with Gasteiger partial charge in [0.05, 0.1) is 11.1 Å². The van der Waals surface area contributed by atoms with E-state index in [0.29, 0.717) is 34.6 Å². The third-order valence-corrected chi connectivity index (χ3v) is 2.87. The Bertz CT molecular complexity index is 587. The van der Waals surface area contributed by atoms with Crippen LogP contribution in [0.1, 0.15) is 29.9 Å². The summed E-state index contributed by atoms with van der Waals surface area (Å²) in [4.78, 5) is 15.0. The lowest BCUT2D eigenvalue weighted by Gasteiger charge is -2.07. The van der Waals surface area contributed by atoms with Gasteiger partial charge < -0.3 is 10.3 Å². The maximum Gasteiger partial charge on any atom is 0.253 e. The largest absolute Gasteiger partial charge is 0.356 e. The molecule has 0 atom stereocenters. The van der Waals surface area contributed by atoms with E-state index in [2.05, 4.69) is 10.3 Å². The van der Waals surface area contributed by atoms with E-state index in [9.17, 15) is 9.18 Å². The van der Waals surface area contributed by atoms with Crippen molar-refractivity contribution in [3.05, 3.63) is 35.3 Å². The molecule has 0 bridgehead atoms. The normalized spacial score (nSPS) is 11.2. The Morgan fingerprint density at radius 2 is 2.17 bits per heavy atom. The molecule has 1 aromatic heterocycles. The van der Waals surface area contributed by atoms with E-state index in [1.807, 2.05) is 13.8 Å². The first-order valence-corrected chi connectivity index (χ1v) is 6.05. The molecular formula is C14H17FN2O. The minimum Gasteiger partial charge on any atom is -0.356 e. The lowest BCUT2D eigenvalue weighted by Crippen LogP contribution is -2.27. The van der Waals surface area contributed by atoms with E-state index in [0.717, 1.165) is 0 Å². The first kappa shape index (κ1) is 12.6. The van der Waals surface area contributed by atoms with E-state index in [1.165, 1.54) is 6.07 Å². The fraction of sp³-hybridized carbons (Fsp3) is 0.357. The number of amides is 1. The number of aromatic nitrogens is 1. The van der Waals surface area contributed by atoms with Crippen molar-refractivity contribution in [1.29, 1.82) is 0 Å². The van der Waals surface area contributed by atoms with Crippen LogP contribution in [0.15, 0.2) is 18.2 Å². The van der Waals surface area contributed by atoms with Crippen molar-refractivity contribution in [2.45, 2.75) is 20.8 Å². The van der Waals surface area contributed by atoms with Gasteiger partial charge in [-0.15, -0.1) is 0 Å². The number of para-hydroxylation sites is 1. The molecule has 2 rings (SSSR count). The van der Waals surface area contributed by atoms with Crippen molar-refractivity contribution in [2.75, 3.05) is 6.54 Å². The molecule has 2 N–H and O–H groups in total. The van der Waals surface area contributed by atoms with Crippen molar-refractivity contribution in [1.82, 2.24) is 10.3 Å². The van der Waals surface area contributed by atoms with Gasteiger partial charge in [0.15, 0.2) is 0 Å². The maximum atomic E-state index is 13.6. The number of H-pyrrole nitrogens is 1. The van der Waals surface area contributed by atoms with Crippen LogP contribution in [0.2, 0.25) is 0 Å². The number of carbonyl (C=O) groups excluding carboxylic acids is 1. The number of aromatic amines is 1. The molecule has 1 amide bonds. The summed E-state index contributed by atoms with van der Waals surface area (Å²) in [5.41, 5.74) is 1.62. The van der Waals surface area contributed by atoms with Crippen molar-refractivity contribution >= 4 is 16.8 Å². The highest BCUT2D eigenvalue weighted by Crippen LogP contribution is 2.24. The third-order valence-electron chi connectivity index (χ3n) is 2.87. The molecule has 0 unspecified atom stereocenters. The lowest BCUT2D eigenvalue weighted by atomic mass is 10.1. The lowest BCUT2D eigenvalue weighted by molar-refractivity contribution is 0.0950. The minimum absolute atomic E-state index is 0.155. The van der Waals surface area contributed by atoms with Gasteiger partial charge >= 0.3 is 0 Å². The first-order chi connectivity index (χ1) is 8.50. The van der Waals surface area contributed by atoms with Crippen molar-refractivity contribution in [3.63, 3.8) is 0 Å². The van der Waals surface area contributed by atoms with E-state index in [1.54, 1.807) is 19.1 Å².